The van der Waals surface area contributed by atoms with Crippen molar-refractivity contribution in [3.05, 3.63) is 0 Å². The van der Waals surface area contributed by atoms with Gasteiger partial charge in [0.15, 0.2) is 0 Å². The maximum absolute atomic E-state index is 11.2. The molecule has 14 heavy (non-hydrogen) atoms. The van der Waals surface area contributed by atoms with Gasteiger partial charge in [-0.15, -0.1) is 0 Å². The standard InChI is InChI=1S/C8H17NO4S/c1-4-13-8(10)5-6-9-14(11,12)7(2)3/h7,9H,4-6H2,1-3H3. The molecule has 0 bridgehead atoms. The van der Waals surface area contributed by atoms with E-state index in [9.17, 15) is 13.2 Å². The SMILES string of the molecule is CCOC(=O)CCNS(=O)(=O)C(C)C. The Morgan fingerprint density at radius 1 is 1.43 bits per heavy atom. The molecule has 0 atom stereocenters. The summed E-state index contributed by atoms with van der Waals surface area (Å²) in [6.07, 6.45) is 0.0692. The van der Waals surface area contributed by atoms with Crippen molar-refractivity contribution in [1.29, 1.82) is 0 Å². The van der Waals surface area contributed by atoms with E-state index in [1.807, 2.05) is 0 Å². The molecule has 0 aromatic carbocycles. The van der Waals surface area contributed by atoms with Crippen LogP contribution in [0.4, 0.5) is 0 Å². The number of nitrogens with one attached hydrogen (secondary N) is 1. The fourth-order valence-corrected chi connectivity index (χ4v) is 1.42. The summed E-state index contributed by atoms with van der Waals surface area (Å²) < 4.78 is 29.4. The van der Waals surface area contributed by atoms with Gasteiger partial charge < -0.3 is 4.74 Å². The molecule has 5 nitrogen and oxygen atoms in total. The fraction of sp³-hybridized carbons (Fsp3) is 0.875. The number of sulfonamides is 1. The Balaban J connectivity index is 3.80. The molecule has 0 fully saturated rings. The molecule has 0 radical (unpaired) electrons. The van der Waals surface area contributed by atoms with E-state index in [4.69, 9.17) is 0 Å². The van der Waals surface area contributed by atoms with E-state index in [0.29, 0.717) is 6.61 Å². The van der Waals surface area contributed by atoms with Crippen LogP contribution in [0.1, 0.15) is 27.2 Å². The number of carbonyl (C=O) groups excluding carboxylic acids is 1. The van der Waals surface area contributed by atoms with Gasteiger partial charge in [0.05, 0.1) is 18.3 Å². The van der Waals surface area contributed by atoms with Gasteiger partial charge in [-0.2, -0.15) is 0 Å². The molecule has 0 rings (SSSR count). The minimum Gasteiger partial charge on any atom is -0.466 e. The van der Waals surface area contributed by atoms with E-state index < -0.39 is 15.3 Å². The lowest BCUT2D eigenvalue weighted by atomic mass is 10.4. The van der Waals surface area contributed by atoms with Gasteiger partial charge in [-0.05, 0) is 20.8 Å². The van der Waals surface area contributed by atoms with E-state index >= 15 is 0 Å². The van der Waals surface area contributed by atoms with Gasteiger partial charge in [-0.3, -0.25) is 4.79 Å². The van der Waals surface area contributed by atoms with Gasteiger partial charge in [0, 0.05) is 6.54 Å². The van der Waals surface area contributed by atoms with Crippen molar-refractivity contribution in [2.75, 3.05) is 13.2 Å². The van der Waals surface area contributed by atoms with Crippen LogP contribution in [0, 0.1) is 0 Å². The molecular formula is C8H17NO4S. The highest BCUT2D eigenvalue weighted by Crippen LogP contribution is 1.96. The number of rotatable bonds is 6. The van der Waals surface area contributed by atoms with Crippen LogP contribution in [0.5, 0.6) is 0 Å². The maximum Gasteiger partial charge on any atom is 0.307 e. The Bertz CT molecular complexity index is 271. The Morgan fingerprint density at radius 2 is 2.00 bits per heavy atom. The molecule has 0 amide bonds. The summed E-state index contributed by atoms with van der Waals surface area (Å²) in [5.41, 5.74) is 0. The highest BCUT2D eigenvalue weighted by Gasteiger charge is 2.15. The number of hydrogen-bond donors (Lipinski definition) is 1. The Kier molecular flexibility index (Phi) is 5.71. The summed E-state index contributed by atoms with van der Waals surface area (Å²) in [5.74, 6) is -0.390. The van der Waals surface area contributed by atoms with Crippen molar-refractivity contribution in [2.24, 2.45) is 0 Å². The zero-order chi connectivity index (χ0) is 11.2. The molecule has 6 heteroatoms. The second-order valence-electron chi connectivity index (χ2n) is 3.04. The zero-order valence-corrected chi connectivity index (χ0v) is 9.56. The predicted molar refractivity (Wildman–Crippen MR) is 53.3 cm³/mol. The largest absolute Gasteiger partial charge is 0.466 e. The normalized spacial score (nSPS) is 11.7. The van der Waals surface area contributed by atoms with E-state index in [0.717, 1.165) is 0 Å². The van der Waals surface area contributed by atoms with Gasteiger partial charge in [0.25, 0.3) is 0 Å². The molecule has 84 valence electrons. The first-order valence-electron chi connectivity index (χ1n) is 4.54. The summed E-state index contributed by atoms with van der Waals surface area (Å²) in [5, 5.41) is -0.482. The topological polar surface area (TPSA) is 72.5 Å². The quantitative estimate of drug-likeness (QED) is 0.656. The van der Waals surface area contributed by atoms with Crippen molar-refractivity contribution in [3.63, 3.8) is 0 Å². The maximum atomic E-state index is 11.2. The van der Waals surface area contributed by atoms with Crippen LogP contribution in [0.15, 0.2) is 0 Å². The minimum absolute atomic E-state index is 0.0692. The third kappa shape index (κ3) is 5.18. The highest BCUT2D eigenvalue weighted by molar-refractivity contribution is 7.90. The summed E-state index contributed by atoms with van der Waals surface area (Å²) in [4.78, 5) is 10.8. The number of esters is 1. The van der Waals surface area contributed by atoms with Crippen LogP contribution >= 0.6 is 0 Å². The lowest BCUT2D eigenvalue weighted by Gasteiger charge is -2.08. The van der Waals surface area contributed by atoms with Crippen molar-refractivity contribution < 1.29 is 17.9 Å². The van der Waals surface area contributed by atoms with Crippen molar-refractivity contribution in [3.8, 4) is 0 Å². The molecule has 0 heterocycles. The minimum atomic E-state index is -3.27. The third-order valence-electron chi connectivity index (χ3n) is 1.56. The summed E-state index contributed by atoms with van der Waals surface area (Å²) in [6, 6.07) is 0. The number of ether oxygens (including phenoxy) is 1. The van der Waals surface area contributed by atoms with Crippen LogP contribution in [-0.2, 0) is 19.6 Å². The average molecular weight is 223 g/mol. The van der Waals surface area contributed by atoms with Gasteiger partial charge in [-0.1, -0.05) is 0 Å². The summed E-state index contributed by atoms with van der Waals surface area (Å²) in [6.45, 7) is 5.27. The van der Waals surface area contributed by atoms with E-state index in [-0.39, 0.29) is 18.9 Å². The molecular weight excluding hydrogens is 206 g/mol. The average Bonchev–Trinajstić information content (AvgIpc) is 2.04. The summed E-state index contributed by atoms with van der Waals surface area (Å²) >= 11 is 0. The lowest BCUT2D eigenvalue weighted by molar-refractivity contribution is -0.142. The number of carbonyl (C=O) groups is 1. The Morgan fingerprint density at radius 3 is 2.43 bits per heavy atom. The highest BCUT2D eigenvalue weighted by atomic mass is 32.2. The third-order valence-corrected chi connectivity index (χ3v) is 3.41. The van der Waals surface area contributed by atoms with Gasteiger partial charge in [-0.25, -0.2) is 13.1 Å². The second kappa shape index (κ2) is 5.98. The first kappa shape index (κ1) is 13.4. The molecule has 0 aromatic heterocycles. The molecule has 0 saturated carbocycles. The smallest absolute Gasteiger partial charge is 0.307 e. The van der Waals surface area contributed by atoms with Crippen LogP contribution in [0.2, 0.25) is 0 Å². The number of hydrogen-bond acceptors (Lipinski definition) is 4. The Labute approximate surface area is 84.9 Å². The van der Waals surface area contributed by atoms with Crippen LogP contribution in [-0.4, -0.2) is 32.8 Å². The van der Waals surface area contributed by atoms with Crippen LogP contribution < -0.4 is 4.72 Å². The summed E-state index contributed by atoms with van der Waals surface area (Å²) in [7, 11) is -3.27. The van der Waals surface area contributed by atoms with E-state index in [1.54, 1.807) is 20.8 Å². The predicted octanol–water partition coefficient (Wildman–Crippen LogP) is 0.267. The monoisotopic (exact) mass is 223 g/mol. The zero-order valence-electron chi connectivity index (χ0n) is 8.74. The molecule has 0 aliphatic rings. The molecule has 1 N–H and O–H groups in total. The molecule has 0 aliphatic heterocycles. The fourth-order valence-electron chi connectivity index (χ4n) is 0.695. The first-order valence-corrected chi connectivity index (χ1v) is 6.09. The lowest BCUT2D eigenvalue weighted by Crippen LogP contribution is -2.32. The second-order valence-corrected chi connectivity index (χ2v) is 5.36. The first-order chi connectivity index (χ1) is 6.40. The van der Waals surface area contributed by atoms with Crippen molar-refractivity contribution in [1.82, 2.24) is 4.72 Å². The van der Waals surface area contributed by atoms with Crippen molar-refractivity contribution in [2.45, 2.75) is 32.4 Å². The molecule has 0 aromatic rings. The molecule has 0 spiro atoms. The molecule has 0 unspecified atom stereocenters. The Hall–Kier alpha value is -0.620. The van der Waals surface area contributed by atoms with Gasteiger partial charge >= 0.3 is 5.97 Å². The van der Waals surface area contributed by atoms with E-state index in [2.05, 4.69) is 9.46 Å². The van der Waals surface area contributed by atoms with Crippen LogP contribution in [0.25, 0.3) is 0 Å². The molecule has 0 saturated heterocycles. The van der Waals surface area contributed by atoms with Gasteiger partial charge in [0.1, 0.15) is 0 Å². The van der Waals surface area contributed by atoms with E-state index in [1.165, 1.54) is 0 Å². The molecule has 0 aliphatic carbocycles. The van der Waals surface area contributed by atoms with Crippen LogP contribution in [0.3, 0.4) is 0 Å². The van der Waals surface area contributed by atoms with Crippen molar-refractivity contribution >= 4 is 16.0 Å². The van der Waals surface area contributed by atoms with Gasteiger partial charge in [0.2, 0.25) is 10.0 Å².